The fourth-order valence-electron chi connectivity index (χ4n) is 0.824. The van der Waals surface area contributed by atoms with Gasteiger partial charge in [0.15, 0.2) is 4.32 Å². The van der Waals surface area contributed by atoms with Crippen LogP contribution in [0.25, 0.3) is 0 Å². The van der Waals surface area contributed by atoms with Crippen LogP contribution in [-0.2, 0) is 4.18 Å². The summed E-state index contributed by atoms with van der Waals surface area (Å²) in [7, 11) is 1.63. The van der Waals surface area contributed by atoms with Gasteiger partial charge in [-0.25, -0.2) is 0 Å². The molecule has 0 aromatic heterocycles. The van der Waals surface area contributed by atoms with Crippen molar-refractivity contribution in [3.8, 4) is 0 Å². The molecule has 0 aliphatic heterocycles. The Morgan fingerprint density at radius 1 is 1.64 bits per heavy atom. The van der Waals surface area contributed by atoms with Crippen LogP contribution in [0.5, 0.6) is 0 Å². The Morgan fingerprint density at radius 3 is 2.45 bits per heavy atom. The number of thiocarbonyl (C=S) groups is 1. The van der Waals surface area contributed by atoms with E-state index in [2.05, 4.69) is 25.7 Å². The normalized spacial score (nSPS) is 10.3. The lowest BCUT2D eigenvalue weighted by molar-refractivity contribution is 0.377. The molecule has 0 aromatic carbocycles. The second-order valence-electron chi connectivity index (χ2n) is 2.40. The van der Waals surface area contributed by atoms with Crippen molar-refractivity contribution in [1.29, 1.82) is 0 Å². The molecule has 0 rings (SSSR count). The lowest BCUT2D eigenvalue weighted by atomic mass is 10.3. The van der Waals surface area contributed by atoms with Gasteiger partial charge in [-0.2, -0.15) is 0 Å². The number of hydrogen-bond acceptors (Lipinski definition) is 3. The maximum atomic E-state index is 5.11. The molecule has 0 atom stereocenters. The second-order valence-corrected chi connectivity index (χ2v) is 3.93. The third-order valence-corrected chi connectivity index (χ3v) is 2.34. The van der Waals surface area contributed by atoms with Gasteiger partial charge in [0.25, 0.3) is 0 Å². The van der Waals surface area contributed by atoms with Crippen molar-refractivity contribution in [2.24, 2.45) is 0 Å². The fourth-order valence-corrected chi connectivity index (χ4v) is 1.95. The van der Waals surface area contributed by atoms with Crippen molar-refractivity contribution < 1.29 is 4.18 Å². The molecular formula is C7H15NOS2. The van der Waals surface area contributed by atoms with Crippen molar-refractivity contribution in [2.45, 2.75) is 26.8 Å². The van der Waals surface area contributed by atoms with E-state index in [0.717, 1.165) is 10.9 Å². The Morgan fingerprint density at radius 2 is 2.18 bits per heavy atom. The molecule has 66 valence electrons. The van der Waals surface area contributed by atoms with Crippen LogP contribution in [0, 0.1) is 0 Å². The average molecular weight is 193 g/mol. The molecule has 0 bridgehead atoms. The minimum absolute atomic E-state index is 0.454. The Balaban J connectivity index is 3.92. The molecule has 0 fully saturated rings. The van der Waals surface area contributed by atoms with E-state index >= 15 is 0 Å². The van der Waals surface area contributed by atoms with Crippen molar-refractivity contribution in [3.05, 3.63) is 0 Å². The summed E-state index contributed by atoms with van der Waals surface area (Å²) in [5.41, 5.74) is 0. The highest BCUT2D eigenvalue weighted by Gasteiger charge is 2.10. The largest absolute Gasteiger partial charge is 0.354 e. The first kappa shape index (κ1) is 11.2. The van der Waals surface area contributed by atoms with E-state index in [4.69, 9.17) is 16.4 Å². The zero-order chi connectivity index (χ0) is 8.85. The van der Waals surface area contributed by atoms with E-state index in [-0.39, 0.29) is 0 Å². The monoisotopic (exact) mass is 193 g/mol. The summed E-state index contributed by atoms with van der Waals surface area (Å²) in [6.45, 7) is 7.26. The van der Waals surface area contributed by atoms with Crippen LogP contribution < -0.4 is 0 Å². The van der Waals surface area contributed by atoms with Gasteiger partial charge in [-0.05, 0) is 20.8 Å². The molecule has 0 N–H and O–H groups in total. The van der Waals surface area contributed by atoms with Gasteiger partial charge < -0.3 is 9.08 Å². The molecule has 0 unspecified atom stereocenters. The van der Waals surface area contributed by atoms with Gasteiger partial charge in [-0.3, -0.25) is 0 Å². The first-order valence-electron chi connectivity index (χ1n) is 3.64. The highest BCUT2D eigenvalue weighted by molar-refractivity contribution is 8.19. The molecule has 11 heavy (non-hydrogen) atoms. The third kappa shape index (κ3) is 3.94. The fraction of sp³-hybridized carbons (Fsp3) is 0.857. The van der Waals surface area contributed by atoms with Crippen molar-refractivity contribution in [2.75, 3.05) is 13.7 Å². The van der Waals surface area contributed by atoms with Gasteiger partial charge in [0.05, 0.1) is 19.2 Å². The van der Waals surface area contributed by atoms with Crippen molar-refractivity contribution >= 4 is 28.6 Å². The van der Waals surface area contributed by atoms with Gasteiger partial charge in [0, 0.05) is 12.6 Å². The molecule has 2 nitrogen and oxygen atoms in total. The van der Waals surface area contributed by atoms with E-state index in [1.54, 1.807) is 7.11 Å². The lowest BCUT2D eigenvalue weighted by Gasteiger charge is -2.26. The SMILES string of the molecule is CCN(C(=S)SOC)C(C)C. The Hall–Kier alpha value is 0.200. The Bertz CT molecular complexity index is 128. The second kappa shape index (κ2) is 5.80. The molecule has 0 spiro atoms. The van der Waals surface area contributed by atoms with Crippen LogP contribution in [0.1, 0.15) is 20.8 Å². The molecule has 0 aromatic rings. The number of nitrogens with zero attached hydrogens (tertiary/aromatic N) is 1. The Kier molecular flexibility index (Phi) is 5.91. The number of hydrogen-bond donors (Lipinski definition) is 0. The molecular weight excluding hydrogens is 178 g/mol. The van der Waals surface area contributed by atoms with Gasteiger partial charge in [-0.1, -0.05) is 12.2 Å². The minimum atomic E-state index is 0.454. The van der Waals surface area contributed by atoms with Crippen molar-refractivity contribution in [1.82, 2.24) is 4.90 Å². The average Bonchev–Trinajstić information content (AvgIpc) is 1.88. The quantitative estimate of drug-likeness (QED) is 0.503. The predicted molar refractivity (Wildman–Crippen MR) is 54.7 cm³/mol. The summed E-state index contributed by atoms with van der Waals surface area (Å²) in [4.78, 5) is 2.11. The minimum Gasteiger partial charge on any atom is -0.354 e. The highest BCUT2D eigenvalue weighted by atomic mass is 32.2. The molecule has 0 heterocycles. The van der Waals surface area contributed by atoms with Gasteiger partial charge in [-0.15, -0.1) is 0 Å². The molecule has 0 amide bonds. The van der Waals surface area contributed by atoms with Gasteiger partial charge in [0.2, 0.25) is 0 Å². The zero-order valence-corrected chi connectivity index (χ0v) is 9.09. The van der Waals surface area contributed by atoms with E-state index in [1.165, 1.54) is 12.0 Å². The Labute approximate surface area is 78.5 Å². The van der Waals surface area contributed by atoms with Crippen LogP contribution in [-0.4, -0.2) is 28.9 Å². The van der Waals surface area contributed by atoms with Gasteiger partial charge in [0.1, 0.15) is 0 Å². The van der Waals surface area contributed by atoms with E-state index in [1.807, 2.05) is 0 Å². The van der Waals surface area contributed by atoms with E-state index in [0.29, 0.717) is 6.04 Å². The molecule has 0 aliphatic carbocycles. The van der Waals surface area contributed by atoms with Crippen molar-refractivity contribution in [3.63, 3.8) is 0 Å². The van der Waals surface area contributed by atoms with Crippen LogP contribution >= 0.6 is 24.3 Å². The van der Waals surface area contributed by atoms with E-state index in [9.17, 15) is 0 Å². The summed E-state index contributed by atoms with van der Waals surface area (Å²) < 4.78 is 5.68. The standard InChI is InChI=1S/C7H15NOS2/c1-5-8(6(2)3)7(10)11-9-4/h6H,5H2,1-4H3. The molecule has 0 aliphatic rings. The smallest absolute Gasteiger partial charge is 0.164 e. The van der Waals surface area contributed by atoms with Crippen LogP contribution in [0.3, 0.4) is 0 Å². The first-order chi connectivity index (χ1) is 5.13. The molecule has 0 saturated carbocycles. The first-order valence-corrected chi connectivity index (χ1v) is 4.79. The van der Waals surface area contributed by atoms with Crippen LogP contribution in [0.4, 0.5) is 0 Å². The summed E-state index contributed by atoms with van der Waals surface area (Å²) in [5.74, 6) is 0. The maximum absolute atomic E-state index is 5.11. The third-order valence-electron chi connectivity index (χ3n) is 1.35. The maximum Gasteiger partial charge on any atom is 0.164 e. The van der Waals surface area contributed by atoms with Crippen LogP contribution in [0.15, 0.2) is 0 Å². The zero-order valence-electron chi connectivity index (χ0n) is 7.46. The molecule has 0 saturated heterocycles. The molecule has 0 radical (unpaired) electrons. The lowest BCUT2D eigenvalue weighted by Crippen LogP contribution is -2.33. The van der Waals surface area contributed by atoms with E-state index < -0.39 is 0 Å². The predicted octanol–water partition coefficient (Wildman–Crippen LogP) is 2.30. The summed E-state index contributed by atoms with van der Waals surface area (Å²) in [6.07, 6.45) is 0. The molecule has 4 heteroatoms. The summed E-state index contributed by atoms with van der Waals surface area (Å²) >= 11 is 6.36. The van der Waals surface area contributed by atoms with Crippen LogP contribution in [0.2, 0.25) is 0 Å². The number of rotatable bonds is 3. The highest BCUT2D eigenvalue weighted by Crippen LogP contribution is 2.11. The van der Waals surface area contributed by atoms with Gasteiger partial charge >= 0.3 is 0 Å². The summed E-state index contributed by atoms with van der Waals surface area (Å²) in [6, 6.07) is 0.454. The summed E-state index contributed by atoms with van der Waals surface area (Å²) in [5, 5.41) is 0. The topological polar surface area (TPSA) is 12.5 Å².